The van der Waals surface area contributed by atoms with Crippen LogP contribution in [0, 0.1) is 0 Å². The van der Waals surface area contributed by atoms with Gasteiger partial charge in [0.2, 0.25) is 15.9 Å². The second-order valence-corrected chi connectivity index (χ2v) is 8.11. The topological polar surface area (TPSA) is 140 Å². The first-order valence-electron chi connectivity index (χ1n) is 8.42. The minimum absolute atomic E-state index is 0.0323. The molecule has 0 saturated carbocycles. The minimum Gasteiger partial charge on any atom is -0.496 e. The third kappa shape index (κ3) is 6.08. The van der Waals surface area contributed by atoms with Crippen molar-refractivity contribution in [3.8, 4) is 5.75 Å². The van der Waals surface area contributed by atoms with Crippen molar-refractivity contribution in [3.63, 3.8) is 0 Å². The fourth-order valence-electron chi connectivity index (χ4n) is 2.38. The molecule has 0 heterocycles. The van der Waals surface area contributed by atoms with Crippen LogP contribution in [-0.4, -0.2) is 40.4 Å². The van der Waals surface area contributed by atoms with E-state index in [9.17, 15) is 18.0 Å². The molecule has 2 aromatic carbocycles. The minimum atomic E-state index is -3.77. The number of nitrogens with two attached hydrogens (primary N) is 1. The summed E-state index contributed by atoms with van der Waals surface area (Å²) in [6, 6.07) is 8.51. The number of methoxy groups -OCH3 is 1. The van der Waals surface area contributed by atoms with Gasteiger partial charge in [0.25, 0.3) is 5.91 Å². The van der Waals surface area contributed by atoms with Crippen molar-refractivity contribution in [2.45, 2.75) is 11.8 Å². The molecule has 0 aromatic heterocycles. The highest BCUT2D eigenvalue weighted by Gasteiger charge is 2.16. The van der Waals surface area contributed by atoms with Gasteiger partial charge in [0, 0.05) is 31.8 Å². The van der Waals surface area contributed by atoms with Crippen LogP contribution in [0.2, 0.25) is 5.02 Å². The van der Waals surface area contributed by atoms with Gasteiger partial charge >= 0.3 is 0 Å². The molecular formula is C18H21ClN4O5S. The van der Waals surface area contributed by atoms with Gasteiger partial charge in [0.15, 0.2) is 0 Å². The lowest BCUT2D eigenvalue weighted by molar-refractivity contribution is -0.114. The summed E-state index contributed by atoms with van der Waals surface area (Å²) in [6.07, 6.45) is 0. The predicted octanol–water partition coefficient (Wildman–Crippen LogP) is 1.60. The van der Waals surface area contributed by atoms with Crippen molar-refractivity contribution in [2.24, 2.45) is 0 Å². The Bertz CT molecular complexity index is 1010. The third-order valence-electron chi connectivity index (χ3n) is 3.75. The van der Waals surface area contributed by atoms with Crippen LogP contribution in [0.4, 0.5) is 11.4 Å². The molecule has 5 N–H and O–H groups in total. The standard InChI is InChI=1S/C18H21ClN4O5S/c1-11(24)23-12-3-5-13(6-4-12)29(26,27)22-8-7-21-18(25)14-9-15(19)16(20)10-17(14)28-2/h3-6,9-10,22H,7-8,20H2,1-2H3,(H,21,25)(H,23,24). The molecule has 29 heavy (non-hydrogen) atoms. The average Bonchev–Trinajstić information content (AvgIpc) is 2.66. The lowest BCUT2D eigenvalue weighted by atomic mass is 10.1. The summed E-state index contributed by atoms with van der Waals surface area (Å²) < 4.78 is 32.1. The average molecular weight is 441 g/mol. The molecule has 156 valence electrons. The molecule has 11 heteroatoms. The molecule has 9 nitrogen and oxygen atoms in total. The lowest BCUT2D eigenvalue weighted by Crippen LogP contribution is -2.34. The molecule has 2 rings (SSSR count). The molecule has 2 amide bonds. The van der Waals surface area contributed by atoms with Crippen LogP contribution in [0.5, 0.6) is 5.75 Å². The van der Waals surface area contributed by atoms with E-state index in [0.29, 0.717) is 5.69 Å². The van der Waals surface area contributed by atoms with Gasteiger partial charge in [-0.3, -0.25) is 9.59 Å². The van der Waals surface area contributed by atoms with Crippen molar-refractivity contribution < 1.29 is 22.7 Å². The number of hydrogen-bond acceptors (Lipinski definition) is 6. The van der Waals surface area contributed by atoms with E-state index in [2.05, 4.69) is 15.4 Å². The summed E-state index contributed by atoms with van der Waals surface area (Å²) >= 11 is 5.94. The number of halogens is 1. The zero-order valence-corrected chi connectivity index (χ0v) is 17.4. The number of rotatable bonds is 8. The molecule has 0 aliphatic carbocycles. The first-order valence-corrected chi connectivity index (χ1v) is 10.3. The number of sulfonamides is 1. The number of carbonyl (C=O) groups excluding carboxylic acids is 2. The molecule has 0 unspecified atom stereocenters. The number of nitrogen functional groups attached to an aromatic ring is 1. The van der Waals surface area contributed by atoms with E-state index in [4.69, 9.17) is 22.1 Å². The van der Waals surface area contributed by atoms with Gasteiger partial charge in [-0.05, 0) is 30.3 Å². The van der Waals surface area contributed by atoms with Crippen LogP contribution in [0.1, 0.15) is 17.3 Å². The molecule has 2 aromatic rings. The van der Waals surface area contributed by atoms with Crippen molar-refractivity contribution in [1.29, 1.82) is 0 Å². The van der Waals surface area contributed by atoms with Gasteiger partial charge in [-0.25, -0.2) is 13.1 Å². The highest BCUT2D eigenvalue weighted by atomic mass is 35.5. The Kier molecular flexibility index (Phi) is 7.43. The maximum atomic E-state index is 12.3. The van der Waals surface area contributed by atoms with Crippen molar-refractivity contribution in [2.75, 3.05) is 31.2 Å². The fraction of sp³-hybridized carbons (Fsp3) is 0.222. The van der Waals surface area contributed by atoms with E-state index < -0.39 is 15.9 Å². The summed E-state index contributed by atoms with van der Waals surface area (Å²) in [4.78, 5) is 23.3. The number of nitrogens with one attached hydrogen (secondary N) is 3. The fourth-order valence-corrected chi connectivity index (χ4v) is 3.57. The normalized spacial score (nSPS) is 11.0. The molecule has 0 spiro atoms. The van der Waals surface area contributed by atoms with E-state index in [1.54, 1.807) is 0 Å². The second-order valence-electron chi connectivity index (χ2n) is 5.93. The Morgan fingerprint density at radius 3 is 2.38 bits per heavy atom. The van der Waals surface area contributed by atoms with Crippen molar-refractivity contribution >= 4 is 44.8 Å². The Morgan fingerprint density at radius 1 is 1.14 bits per heavy atom. The summed E-state index contributed by atoms with van der Waals surface area (Å²) in [5.74, 6) is -0.486. The largest absolute Gasteiger partial charge is 0.496 e. The Balaban J connectivity index is 1.93. The summed E-state index contributed by atoms with van der Waals surface area (Å²) in [7, 11) is -2.38. The zero-order chi connectivity index (χ0) is 21.6. The molecule has 0 aliphatic rings. The van der Waals surface area contributed by atoms with Gasteiger partial charge in [-0.15, -0.1) is 0 Å². The highest BCUT2D eigenvalue weighted by Crippen LogP contribution is 2.28. The maximum absolute atomic E-state index is 12.3. The molecule has 0 saturated heterocycles. The van der Waals surface area contributed by atoms with Crippen LogP contribution in [0.25, 0.3) is 0 Å². The van der Waals surface area contributed by atoms with Gasteiger partial charge in [-0.2, -0.15) is 0 Å². The first-order chi connectivity index (χ1) is 13.6. The van der Waals surface area contributed by atoms with Gasteiger partial charge in [0.1, 0.15) is 5.75 Å². The van der Waals surface area contributed by atoms with Crippen LogP contribution in [0.3, 0.4) is 0 Å². The molecule has 0 fully saturated rings. The maximum Gasteiger partial charge on any atom is 0.255 e. The summed E-state index contributed by atoms with van der Waals surface area (Å²) in [6.45, 7) is 1.36. The SMILES string of the molecule is COc1cc(N)c(Cl)cc1C(=O)NCCNS(=O)(=O)c1ccc(NC(C)=O)cc1. The van der Waals surface area contributed by atoms with E-state index in [1.807, 2.05) is 0 Å². The van der Waals surface area contributed by atoms with E-state index in [0.717, 1.165) is 0 Å². The molecular weight excluding hydrogens is 420 g/mol. The third-order valence-corrected chi connectivity index (χ3v) is 5.56. The summed E-state index contributed by atoms with van der Waals surface area (Å²) in [5, 5.41) is 5.34. The quantitative estimate of drug-likeness (QED) is 0.363. The number of benzene rings is 2. The van der Waals surface area contributed by atoms with Crippen LogP contribution < -0.4 is 25.8 Å². The molecule has 0 bridgehead atoms. The van der Waals surface area contributed by atoms with Crippen molar-refractivity contribution in [3.05, 3.63) is 47.0 Å². The lowest BCUT2D eigenvalue weighted by Gasteiger charge is -2.12. The number of hydrogen-bond donors (Lipinski definition) is 4. The molecule has 0 radical (unpaired) electrons. The van der Waals surface area contributed by atoms with Crippen LogP contribution in [-0.2, 0) is 14.8 Å². The van der Waals surface area contributed by atoms with Gasteiger partial charge < -0.3 is 21.1 Å². The first kappa shape index (κ1) is 22.5. The Hall–Kier alpha value is -2.82. The Labute approximate surface area is 173 Å². The van der Waals surface area contributed by atoms with Gasteiger partial charge in [-0.1, -0.05) is 11.6 Å². The smallest absolute Gasteiger partial charge is 0.255 e. The van der Waals surface area contributed by atoms with E-state index in [-0.39, 0.29) is 45.9 Å². The van der Waals surface area contributed by atoms with E-state index >= 15 is 0 Å². The number of anilines is 2. The van der Waals surface area contributed by atoms with Gasteiger partial charge in [0.05, 0.1) is 28.3 Å². The molecule has 0 aliphatic heterocycles. The predicted molar refractivity (Wildman–Crippen MR) is 111 cm³/mol. The second kappa shape index (κ2) is 9.59. The number of amides is 2. The Morgan fingerprint density at radius 2 is 1.79 bits per heavy atom. The van der Waals surface area contributed by atoms with E-state index in [1.165, 1.54) is 50.4 Å². The highest BCUT2D eigenvalue weighted by molar-refractivity contribution is 7.89. The number of carbonyl (C=O) groups is 2. The van der Waals surface area contributed by atoms with Crippen LogP contribution >= 0.6 is 11.6 Å². The van der Waals surface area contributed by atoms with Crippen LogP contribution in [0.15, 0.2) is 41.3 Å². The monoisotopic (exact) mass is 440 g/mol. The molecule has 0 atom stereocenters. The number of ether oxygens (including phenoxy) is 1. The zero-order valence-electron chi connectivity index (χ0n) is 15.8. The summed E-state index contributed by atoms with van der Waals surface area (Å²) in [5.41, 5.74) is 6.63. The van der Waals surface area contributed by atoms with Crippen molar-refractivity contribution in [1.82, 2.24) is 10.0 Å².